The molecule has 190 valence electrons. The minimum absolute atomic E-state index is 0.130. The molecular formula is C27H34FN2O4S-. The summed E-state index contributed by atoms with van der Waals surface area (Å²) >= 11 is 0. The number of benzene rings is 1. The molecule has 2 unspecified atom stereocenters. The summed E-state index contributed by atoms with van der Waals surface area (Å²) in [7, 11) is -1.42. The van der Waals surface area contributed by atoms with Crippen LogP contribution in [0.4, 0.5) is 10.1 Å². The zero-order valence-corrected chi connectivity index (χ0v) is 21.2. The molecule has 1 fully saturated rings. The van der Waals surface area contributed by atoms with Crippen LogP contribution in [0.1, 0.15) is 61.4 Å². The standard InChI is InChI=1S/C27H34FN2O4S/c1-3-30(4-2)13-6-5-7-18-15-20(28)8-11-24(18)35(33)14-12-29-23-10-9-21-22-16-19(22)17-34-26(21)25(23)27(31)32/h5,7,9-10,14-15,19,22,29H,3-4,6,8,11-13,16-17H2,1-2H3,(H,31,32)/q-1. The fourth-order valence-electron chi connectivity index (χ4n) is 4.80. The lowest BCUT2D eigenvalue weighted by Crippen LogP contribution is -2.23. The number of rotatable bonds is 11. The topological polar surface area (TPSA) is 78.9 Å². The van der Waals surface area contributed by atoms with E-state index in [-0.39, 0.29) is 24.4 Å². The van der Waals surface area contributed by atoms with Gasteiger partial charge in [0.1, 0.15) is 17.1 Å². The Morgan fingerprint density at radius 3 is 2.86 bits per heavy atom. The molecule has 35 heavy (non-hydrogen) atoms. The maximum atomic E-state index is 14.0. The number of nitrogens with zero attached hydrogens (tertiary/aromatic N) is 1. The van der Waals surface area contributed by atoms with Gasteiger partial charge in [0.2, 0.25) is 0 Å². The van der Waals surface area contributed by atoms with Crippen molar-refractivity contribution in [1.82, 2.24) is 4.90 Å². The lowest BCUT2D eigenvalue weighted by atomic mass is 10.00. The van der Waals surface area contributed by atoms with Crippen molar-refractivity contribution in [1.29, 1.82) is 0 Å². The van der Waals surface area contributed by atoms with Crippen LogP contribution in [0.15, 0.2) is 46.7 Å². The molecule has 6 nitrogen and oxygen atoms in total. The van der Waals surface area contributed by atoms with E-state index in [2.05, 4.69) is 24.1 Å². The molecule has 1 aromatic carbocycles. The van der Waals surface area contributed by atoms with E-state index in [9.17, 15) is 18.5 Å². The van der Waals surface area contributed by atoms with Crippen molar-refractivity contribution in [3.63, 3.8) is 0 Å². The van der Waals surface area contributed by atoms with Gasteiger partial charge >= 0.3 is 5.97 Å². The molecule has 1 aliphatic heterocycles. The molecule has 1 heterocycles. The van der Waals surface area contributed by atoms with Gasteiger partial charge in [0.15, 0.2) is 0 Å². The highest BCUT2D eigenvalue weighted by atomic mass is 32.2. The number of allylic oxidation sites excluding steroid dienone is 5. The summed E-state index contributed by atoms with van der Waals surface area (Å²) in [5.41, 5.74) is 2.21. The number of nitrogens with one attached hydrogen (secondary N) is 1. The summed E-state index contributed by atoms with van der Waals surface area (Å²) in [4.78, 5) is 15.0. The number of carboxylic acid groups (broad SMARTS) is 1. The Bertz CT molecular complexity index is 1150. The lowest BCUT2D eigenvalue weighted by Gasteiger charge is -2.22. The fourth-order valence-corrected chi connectivity index (χ4v) is 5.90. The van der Waals surface area contributed by atoms with Crippen molar-refractivity contribution in [3.8, 4) is 5.75 Å². The summed E-state index contributed by atoms with van der Waals surface area (Å²) in [6.45, 7) is 7.92. The summed E-state index contributed by atoms with van der Waals surface area (Å²) in [5.74, 6) is 0.106. The molecule has 0 aromatic heterocycles. The zero-order chi connectivity index (χ0) is 24.9. The van der Waals surface area contributed by atoms with Crippen molar-refractivity contribution in [2.45, 2.75) is 45.4 Å². The number of carboxylic acids is 1. The molecule has 0 amide bonds. The van der Waals surface area contributed by atoms with E-state index < -0.39 is 16.4 Å². The first-order valence-electron chi connectivity index (χ1n) is 12.4. The van der Waals surface area contributed by atoms with Gasteiger partial charge in [-0.05, 0) is 61.5 Å². The Labute approximate surface area is 208 Å². The van der Waals surface area contributed by atoms with Gasteiger partial charge in [-0.25, -0.2) is 19.6 Å². The highest BCUT2D eigenvalue weighted by Gasteiger charge is 2.45. The third kappa shape index (κ3) is 5.98. The highest BCUT2D eigenvalue weighted by molar-refractivity contribution is 7.87. The molecule has 0 bridgehead atoms. The number of anilines is 1. The number of aromatic carboxylic acids is 1. The molecule has 0 radical (unpaired) electrons. The molecule has 1 saturated carbocycles. The monoisotopic (exact) mass is 501 g/mol. The minimum atomic E-state index is -1.42. The first-order valence-corrected chi connectivity index (χ1v) is 13.6. The molecule has 0 spiro atoms. The van der Waals surface area contributed by atoms with Crippen LogP contribution in [0, 0.1) is 5.92 Å². The summed E-state index contributed by atoms with van der Waals surface area (Å²) in [6, 6.07) is 3.70. The van der Waals surface area contributed by atoms with E-state index in [1.165, 1.54) is 6.08 Å². The van der Waals surface area contributed by atoms with Crippen LogP contribution in [0.3, 0.4) is 0 Å². The lowest BCUT2D eigenvalue weighted by molar-refractivity contribution is 0.0692. The Kier molecular flexibility index (Phi) is 8.34. The number of carbonyl (C=O) groups is 1. The smallest absolute Gasteiger partial charge is 0.341 e. The average molecular weight is 502 g/mol. The quantitative estimate of drug-likeness (QED) is 0.319. The first-order chi connectivity index (χ1) is 16.9. The van der Waals surface area contributed by atoms with E-state index in [1.54, 1.807) is 11.4 Å². The van der Waals surface area contributed by atoms with Gasteiger partial charge in [0.05, 0.1) is 12.3 Å². The Morgan fingerprint density at radius 1 is 1.31 bits per heavy atom. The average Bonchev–Trinajstić information content (AvgIpc) is 3.64. The van der Waals surface area contributed by atoms with E-state index in [0.29, 0.717) is 46.8 Å². The second kappa shape index (κ2) is 11.4. The van der Waals surface area contributed by atoms with E-state index >= 15 is 0 Å². The third-order valence-electron chi connectivity index (χ3n) is 6.96. The number of ether oxygens (including phenoxy) is 1. The molecule has 2 N–H and O–H groups in total. The van der Waals surface area contributed by atoms with Gasteiger partial charge in [0, 0.05) is 25.4 Å². The van der Waals surface area contributed by atoms with Crippen LogP contribution in [-0.2, 0) is 14.6 Å². The van der Waals surface area contributed by atoms with Gasteiger partial charge in [-0.15, -0.1) is 4.91 Å². The van der Waals surface area contributed by atoms with Crippen molar-refractivity contribution in [2.24, 2.45) is 5.92 Å². The fraction of sp³-hybridized carbons (Fsp3) is 0.481. The number of hydrogen-bond acceptors (Lipinski definition) is 6. The molecule has 2 atom stereocenters. The van der Waals surface area contributed by atoms with Crippen LogP contribution in [0.5, 0.6) is 5.75 Å². The summed E-state index contributed by atoms with van der Waals surface area (Å²) in [6.07, 6.45) is 7.87. The molecule has 1 aromatic rings. The number of hydrogen-bond donors (Lipinski definition) is 2. The van der Waals surface area contributed by atoms with Crippen LogP contribution >= 0.6 is 0 Å². The van der Waals surface area contributed by atoms with E-state index in [1.807, 2.05) is 18.2 Å². The van der Waals surface area contributed by atoms with Crippen LogP contribution in [0.25, 0.3) is 0 Å². The predicted octanol–water partition coefficient (Wildman–Crippen LogP) is 5.25. The molecule has 4 rings (SSSR count). The van der Waals surface area contributed by atoms with Gasteiger partial charge in [-0.1, -0.05) is 32.1 Å². The summed E-state index contributed by atoms with van der Waals surface area (Å²) in [5, 5.41) is 14.5. The predicted molar refractivity (Wildman–Crippen MR) is 139 cm³/mol. The first kappa shape index (κ1) is 25.5. The number of fused-ring (bicyclic) bond motifs is 3. The second-order valence-electron chi connectivity index (χ2n) is 9.16. The van der Waals surface area contributed by atoms with Gasteiger partial charge < -0.3 is 24.3 Å². The van der Waals surface area contributed by atoms with Gasteiger partial charge in [-0.3, -0.25) is 0 Å². The molecule has 8 heteroatoms. The van der Waals surface area contributed by atoms with Crippen molar-refractivity contribution < 1.29 is 23.2 Å². The summed E-state index contributed by atoms with van der Waals surface area (Å²) < 4.78 is 32.8. The van der Waals surface area contributed by atoms with E-state index in [4.69, 9.17) is 4.74 Å². The van der Waals surface area contributed by atoms with Crippen molar-refractivity contribution >= 4 is 27.4 Å². The van der Waals surface area contributed by atoms with Crippen LogP contribution in [0.2, 0.25) is 0 Å². The Hall–Kier alpha value is -2.58. The zero-order valence-electron chi connectivity index (χ0n) is 20.4. The maximum Gasteiger partial charge on any atom is 0.341 e. The van der Waals surface area contributed by atoms with Gasteiger partial charge in [-0.2, -0.15) is 5.37 Å². The largest absolute Gasteiger partial charge is 0.492 e. The Morgan fingerprint density at radius 2 is 2.11 bits per heavy atom. The highest BCUT2D eigenvalue weighted by Crippen LogP contribution is 2.55. The van der Waals surface area contributed by atoms with Gasteiger partial charge in [0.25, 0.3) is 0 Å². The van der Waals surface area contributed by atoms with Crippen LogP contribution < -0.4 is 10.1 Å². The number of halogens is 1. The minimum Gasteiger partial charge on any atom is -0.492 e. The van der Waals surface area contributed by atoms with Crippen molar-refractivity contribution in [3.05, 3.63) is 57.8 Å². The molecule has 2 aliphatic carbocycles. The molecule has 0 saturated heterocycles. The molecule has 3 aliphatic rings. The SMILES string of the molecule is CCN(CC)CCC=CC1=C([S-](=O)=CCNc2ccc3c(c2C(=O)O)OCC2CC32)CCC(F)=C1. The molecular weight excluding hydrogens is 467 g/mol. The third-order valence-corrected chi connectivity index (χ3v) is 8.36. The van der Waals surface area contributed by atoms with Crippen LogP contribution in [-0.4, -0.2) is 54.1 Å². The van der Waals surface area contributed by atoms with Crippen molar-refractivity contribution in [2.75, 3.05) is 38.1 Å². The second-order valence-corrected chi connectivity index (χ2v) is 10.6. The maximum absolute atomic E-state index is 14.0. The Balaban J connectivity index is 1.47. The normalized spacial score (nSPS) is 22.0. The van der Waals surface area contributed by atoms with E-state index in [0.717, 1.165) is 38.0 Å².